The van der Waals surface area contributed by atoms with Crippen LogP contribution in [0.3, 0.4) is 0 Å². The van der Waals surface area contributed by atoms with E-state index in [1.54, 1.807) is 0 Å². The molecule has 4 nitrogen and oxygen atoms in total. The molecule has 0 bridgehead atoms. The van der Waals surface area contributed by atoms with Gasteiger partial charge in [-0.05, 0) is 18.1 Å². The molecule has 3 N–H and O–H groups in total. The van der Waals surface area contributed by atoms with E-state index in [9.17, 15) is 14.0 Å². The van der Waals surface area contributed by atoms with Gasteiger partial charge in [0.15, 0.2) is 6.29 Å². The number of hydrogen-bond acceptors (Lipinski definition) is 3. The molecule has 0 amide bonds. The van der Waals surface area contributed by atoms with E-state index in [0.717, 1.165) is 12.1 Å². The van der Waals surface area contributed by atoms with Crippen molar-refractivity contribution < 1.29 is 19.1 Å². The molecule has 0 aromatic heterocycles. The topological polar surface area (TPSA) is 80.4 Å². The van der Waals surface area contributed by atoms with Crippen molar-refractivity contribution in [3.8, 4) is 11.8 Å². The number of aromatic carboxylic acids is 1. The zero-order chi connectivity index (χ0) is 11.4. The van der Waals surface area contributed by atoms with Gasteiger partial charge in [0.2, 0.25) is 0 Å². The molecule has 0 fully saturated rings. The fourth-order valence-corrected chi connectivity index (χ4v) is 1.01. The number of anilines is 1. The number of carboxylic acids is 1. The summed E-state index contributed by atoms with van der Waals surface area (Å²) in [5.74, 6) is 2.17. The molecule has 0 aliphatic heterocycles. The van der Waals surface area contributed by atoms with Crippen molar-refractivity contribution in [2.24, 2.45) is 0 Å². The van der Waals surface area contributed by atoms with Crippen LogP contribution >= 0.6 is 0 Å². The number of hydrogen-bond donors (Lipinski definition) is 2. The Morgan fingerprint density at radius 1 is 1.53 bits per heavy atom. The van der Waals surface area contributed by atoms with E-state index in [-0.39, 0.29) is 16.8 Å². The number of carbonyl (C=O) groups excluding carboxylic acids is 1. The number of carbonyl (C=O) groups is 2. The maximum absolute atomic E-state index is 12.9. The number of nitrogens with two attached hydrogens (primary N) is 1. The van der Waals surface area contributed by atoms with E-state index in [2.05, 4.69) is 5.92 Å². The van der Waals surface area contributed by atoms with Crippen molar-refractivity contribution in [3.63, 3.8) is 0 Å². The maximum Gasteiger partial charge on any atom is 0.337 e. The summed E-state index contributed by atoms with van der Waals surface area (Å²) in [6.07, 6.45) is 0.310. The molecule has 0 spiro atoms. The molecule has 0 saturated heterocycles. The molecule has 0 atom stereocenters. The van der Waals surface area contributed by atoms with Crippen LogP contribution in [0.5, 0.6) is 0 Å². The molecule has 0 aliphatic rings. The quantitative estimate of drug-likeness (QED) is 0.402. The lowest BCUT2D eigenvalue weighted by molar-refractivity contribution is -0.103. The number of carboxylic acid groups (broad SMARTS) is 1. The Labute approximate surface area is 84.5 Å². The SMILES string of the molecule is Nc1c(C#CC=O)cc(F)cc1C(=O)O. The fourth-order valence-electron chi connectivity index (χ4n) is 1.01. The van der Waals surface area contributed by atoms with Gasteiger partial charge in [0, 0.05) is 0 Å². The molecule has 0 heterocycles. The zero-order valence-corrected chi connectivity index (χ0v) is 7.45. The molecule has 0 aliphatic carbocycles. The number of halogens is 1. The largest absolute Gasteiger partial charge is 0.478 e. The van der Waals surface area contributed by atoms with Crippen LogP contribution in [0.1, 0.15) is 15.9 Å². The monoisotopic (exact) mass is 207 g/mol. The summed E-state index contributed by atoms with van der Waals surface area (Å²) in [7, 11) is 0. The molecule has 76 valence electrons. The zero-order valence-electron chi connectivity index (χ0n) is 7.45. The lowest BCUT2D eigenvalue weighted by Gasteiger charge is -2.03. The smallest absolute Gasteiger partial charge is 0.337 e. The predicted octanol–water partition coefficient (Wildman–Crippen LogP) is 0.657. The standard InChI is InChI=1S/C10H6FNO3/c11-7-4-6(2-1-3-13)9(12)8(5-7)10(14)15/h3-5H,12H2,(H,14,15). The lowest BCUT2D eigenvalue weighted by Crippen LogP contribution is -2.05. The average Bonchev–Trinajstić information content (AvgIpc) is 2.18. The summed E-state index contributed by atoms with van der Waals surface area (Å²) >= 11 is 0. The van der Waals surface area contributed by atoms with Gasteiger partial charge in [-0.25, -0.2) is 9.18 Å². The van der Waals surface area contributed by atoms with E-state index in [0.29, 0.717) is 6.29 Å². The van der Waals surface area contributed by atoms with Crippen molar-refractivity contribution in [2.75, 3.05) is 5.73 Å². The lowest BCUT2D eigenvalue weighted by atomic mass is 10.1. The van der Waals surface area contributed by atoms with Gasteiger partial charge < -0.3 is 10.8 Å². The predicted molar refractivity (Wildman–Crippen MR) is 50.7 cm³/mol. The summed E-state index contributed by atoms with van der Waals surface area (Å²) in [6, 6.07) is 1.77. The summed E-state index contributed by atoms with van der Waals surface area (Å²) in [4.78, 5) is 20.6. The second kappa shape index (κ2) is 4.24. The second-order valence-electron chi connectivity index (χ2n) is 2.61. The van der Waals surface area contributed by atoms with E-state index in [4.69, 9.17) is 10.8 Å². The molecule has 1 rings (SSSR count). The summed E-state index contributed by atoms with van der Waals surface area (Å²) in [5, 5.41) is 8.68. The first-order valence-electron chi connectivity index (χ1n) is 3.83. The van der Waals surface area contributed by atoms with Crippen LogP contribution in [0.15, 0.2) is 12.1 Å². The minimum Gasteiger partial charge on any atom is -0.478 e. The Balaban J connectivity index is 3.40. The van der Waals surface area contributed by atoms with Gasteiger partial charge in [-0.15, -0.1) is 0 Å². The van der Waals surface area contributed by atoms with Crippen molar-refractivity contribution in [1.82, 2.24) is 0 Å². The van der Waals surface area contributed by atoms with E-state index in [1.807, 2.05) is 5.92 Å². The highest BCUT2D eigenvalue weighted by Gasteiger charge is 2.12. The normalized spacial score (nSPS) is 8.87. The molecule has 0 radical (unpaired) electrons. The molecule has 1 aromatic carbocycles. The van der Waals surface area contributed by atoms with Crippen LogP contribution in [-0.2, 0) is 4.79 Å². The first-order chi connectivity index (χ1) is 7.06. The van der Waals surface area contributed by atoms with Crippen molar-refractivity contribution in [1.29, 1.82) is 0 Å². The number of rotatable bonds is 1. The maximum atomic E-state index is 12.9. The van der Waals surface area contributed by atoms with Gasteiger partial charge in [-0.3, -0.25) is 4.79 Å². The Kier molecular flexibility index (Phi) is 3.03. The van der Waals surface area contributed by atoms with Gasteiger partial charge in [0.1, 0.15) is 5.82 Å². The molecular formula is C10H6FNO3. The van der Waals surface area contributed by atoms with Gasteiger partial charge in [0.05, 0.1) is 16.8 Å². The van der Waals surface area contributed by atoms with Crippen molar-refractivity contribution >= 4 is 17.9 Å². The van der Waals surface area contributed by atoms with Crippen molar-refractivity contribution in [2.45, 2.75) is 0 Å². The van der Waals surface area contributed by atoms with E-state index < -0.39 is 11.8 Å². The number of nitrogen functional groups attached to an aromatic ring is 1. The Morgan fingerprint density at radius 2 is 2.20 bits per heavy atom. The molecule has 15 heavy (non-hydrogen) atoms. The Morgan fingerprint density at radius 3 is 2.73 bits per heavy atom. The number of benzene rings is 1. The number of aldehydes is 1. The molecule has 0 unspecified atom stereocenters. The minimum absolute atomic E-state index is 0.0144. The van der Waals surface area contributed by atoms with E-state index in [1.165, 1.54) is 0 Å². The third-order valence-electron chi connectivity index (χ3n) is 1.64. The van der Waals surface area contributed by atoms with Crippen LogP contribution in [0, 0.1) is 17.7 Å². The van der Waals surface area contributed by atoms with E-state index >= 15 is 0 Å². The third kappa shape index (κ3) is 2.31. The summed E-state index contributed by atoms with van der Waals surface area (Å²) in [6.45, 7) is 0. The molecule has 5 heteroatoms. The van der Waals surface area contributed by atoms with Crippen LogP contribution in [0.25, 0.3) is 0 Å². The fraction of sp³-hybridized carbons (Fsp3) is 0. The highest BCUT2D eigenvalue weighted by atomic mass is 19.1. The third-order valence-corrected chi connectivity index (χ3v) is 1.64. The van der Waals surface area contributed by atoms with Gasteiger partial charge in [0.25, 0.3) is 0 Å². The van der Waals surface area contributed by atoms with Crippen LogP contribution in [0.2, 0.25) is 0 Å². The molecular weight excluding hydrogens is 201 g/mol. The minimum atomic E-state index is -1.35. The van der Waals surface area contributed by atoms with Crippen LogP contribution < -0.4 is 5.73 Å². The Hall–Kier alpha value is -2.35. The van der Waals surface area contributed by atoms with Gasteiger partial charge >= 0.3 is 5.97 Å². The first kappa shape index (κ1) is 10.7. The summed E-state index contributed by atoms with van der Waals surface area (Å²) < 4.78 is 12.9. The van der Waals surface area contributed by atoms with Crippen molar-refractivity contribution in [3.05, 3.63) is 29.1 Å². The van der Waals surface area contributed by atoms with Crippen LogP contribution in [0.4, 0.5) is 10.1 Å². The van der Waals surface area contributed by atoms with Gasteiger partial charge in [-0.2, -0.15) is 0 Å². The van der Waals surface area contributed by atoms with Gasteiger partial charge in [-0.1, -0.05) is 5.92 Å². The highest BCUT2D eigenvalue weighted by molar-refractivity contribution is 5.95. The molecule has 0 saturated carbocycles. The first-order valence-corrected chi connectivity index (χ1v) is 3.83. The summed E-state index contributed by atoms with van der Waals surface area (Å²) in [5.41, 5.74) is 4.89. The average molecular weight is 207 g/mol. The highest BCUT2D eigenvalue weighted by Crippen LogP contribution is 2.18. The van der Waals surface area contributed by atoms with Crippen LogP contribution in [-0.4, -0.2) is 17.4 Å². The Bertz CT molecular complexity index is 485. The second-order valence-corrected chi connectivity index (χ2v) is 2.61. The molecule has 1 aromatic rings.